The molecule has 1 fully saturated rings. The van der Waals surface area contributed by atoms with Gasteiger partial charge in [0.1, 0.15) is 25.4 Å². The SMILES string of the molecule is CCOC1=C(C)C(C)=C2N(CC(=O)c3cc(OCCO)cc(C(C)(C)C)c3)NC(=NCC(F)(F)F)N2N1. The van der Waals surface area contributed by atoms with Gasteiger partial charge < -0.3 is 14.6 Å². The first kappa shape index (κ1) is 28.2. The molecule has 2 heterocycles. The van der Waals surface area contributed by atoms with Gasteiger partial charge in [-0.2, -0.15) is 13.2 Å². The van der Waals surface area contributed by atoms with E-state index in [9.17, 15) is 18.0 Å². The number of nitrogens with zero attached hydrogens (tertiary/aromatic N) is 3. The maximum Gasteiger partial charge on any atom is 0.408 e. The highest BCUT2D eigenvalue weighted by Crippen LogP contribution is 2.32. The molecule has 0 aromatic heterocycles. The third-order valence-electron chi connectivity index (χ3n) is 5.82. The molecule has 37 heavy (non-hydrogen) atoms. The number of halogens is 3. The Bertz CT molecular complexity index is 1120. The van der Waals surface area contributed by atoms with Gasteiger partial charge in [0.05, 0.1) is 13.2 Å². The number of ether oxygens (including phenoxy) is 2. The van der Waals surface area contributed by atoms with Crippen LogP contribution in [0.4, 0.5) is 13.2 Å². The molecule has 0 radical (unpaired) electrons. The van der Waals surface area contributed by atoms with Crippen LogP contribution in [0.5, 0.6) is 5.75 Å². The van der Waals surface area contributed by atoms with Crippen LogP contribution in [-0.2, 0) is 10.2 Å². The molecule has 0 atom stereocenters. The normalized spacial score (nSPS) is 17.2. The van der Waals surface area contributed by atoms with E-state index < -0.39 is 12.7 Å². The molecule has 9 nitrogen and oxygen atoms in total. The van der Waals surface area contributed by atoms with Crippen molar-refractivity contribution in [1.29, 1.82) is 0 Å². The number of ketones is 1. The van der Waals surface area contributed by atoms with Gasteiger partial charge in [0.25, 0.3) is 0 Å². The van der Waals surface area contributed by atoms with Crippen molar-refractivity contribution in [3.63, 3.8) is 0 Å². The van der Waals surface area contributed by atoms with Crippen LogP contribution in [0.25, 0.3) is 0 Å². The van der Waals surface area contributed by atoms with E-state index in [-0.39, 0.29) is 36.9 Å². The lowest BCUT2D eigenvalue weighted by Gasteiger charge is -2.31. The Morgan fingerprint density at radius 3 is 2.38 bits per heavy atom. The van der Waals surface area contributed by atoms with Crippen molar-refractivity contribution >= 4 is 11.7 Å². The summed E-state index contributed by atoms with van der Waals surface area (Å²) in [7, 11) is 0. The van der Waals surface area contributed by atoms with E-state index in [1.165, 1.54) is 10.0 Å². The molecule has 2 aliphatic heterocycles. The van der Waals surface area contributed by atoms with E-state index in [1.807, 2.05) is 33.8 Å². The summed E-state index contributed by atoms with van der Waals surface area (Å²) in [6.45, 7) is 10.1. The molecular weight excluding hydrogens is 491 g/mol. The minimum atomic E-state index is -4.50. The molecule has 0 amide bonds. The van der Waals surface area contributed by atoms with E-state index in [0.29, 0.717) is 35.2 Å². The smallest absolute Gasteiger partial charge is 0.408 e. The number of aliphatic hydroxyl groups excluding tert-OH is 1. The van der Waals surface area contributed by atoms with Crippen LogP contribution < -0.4 is 15.6 Å². The van der Waals surface area contributed by atoms with Crippen molar-refractivity contribution in [3.8, 4) is 5.75 Å². The topological polar surface area (TPSA) is 98.7 Å². The summed E-state index contributed by atoms with van der Waals surface area (Å²) in [6, 6.07) is 5.20. The molecule has 1 aromatic rings. The minimum Gasteiger partial charge on any atom is -0.491 e. The molecule has 1 saturated heterocycles. The van der Waals surface area contributed by atoms with Crippen molar-refractivity contribution in [2.45, 2.75) is 53.1 Å². The maximum absolute atomic E-state index is 13.5. The van der Waals surface area contributed by atoms with E-state index in [0.717, 1.165) is 11.1 Å². The van der Waals surface area contributed by atoms with Crippen molar-refractivity contribution in [3.05, 3.63) is 52.2 Å². The molecule has 0 saturated carbocycles. The van der Waals surface area contributed by atoms with Gasteiger partial charge in [-0.05, 0) is 49.9 Å². The average molecular weight is 526 g/mol. The first-order chi connectivity index (χ1) is 17.2. The standard InChI is InChI=1S/C25H34F3N5O4/c1-7-36-21-15(2)16(3)22-32(31-23(33(22)30-21)29-14-25(26,27)28)13-20(35)17-10-18(24(4,5)6)12-19(11-17)37-9-8-34/h10-12,30,34H,7-9,13-14H2,1-6H3,(H,29,31). The van der Waals surface area contributed by atoms with Gasteiger partial charge >= 0.3 is 6.18 Å². The predicted octanol–water partition coefficient (Wildman–Crippen LogP) is 3.60. The van der Waals surface area contributed by atoms with Gasteiger partial charge in [0.15, 0.2) is 11.6 Å². The average Bonchev–Trinajstić information content (AvgIpc) is 3.15. The fourth-order valence-electron chi connectivity index (χ4n) is 3.79. The van der Waals surface area contributed by atoms with Gasteiger partial charge in [-0.15, -0.1) is 0 Å². The highest BCUT2D eigenvalue weighted by atomic mass is 19.4. The Morgan fingerprint density at radius 1 is 1.08 bits per heavy atom. The molecule has 3 N–H and O–H groups in total. The quantitative estimate of drug-likeness (QED) is 0.421. The van der Waals surface area contributed by atoms with Crippen molar-refractivity contribution in [2.75, 3.05) is 32.9 Å². The third-order valence-corrected chi connectivity index (χ3v) is 5.82. The number of hydrogen-bond acceptors (Lipinski definition) is 7. The number of nitrogens with one attached hydrogen (secondary N) is 2. The lowest BCUT2D eigenvalue weighted by molar-refractivity contribution is -0.118. The van der Waals surface area contributed by atoms with Gasteiger partial charge in [-0.1, -0.05) is 20.8 Å². The molecule has 12 heteroatoms. The van der Waals surface area contributed by atoms with Crippen LogP contribution in [0.1, 0.15) is 57.5 Å². The molecule has 3 rings (SSSR count). The van der Waals surface area contributed by atoms with Crippen molar-refractivity contribution in [2.24, 2.45) is 4.99 Å². The fraction of sp³-hybridized carbons (Fsp3) is 0.520. The molecule has 0 spiro atoms. The lowest BCUT2D eigenvalue weighted by atomic mass is 9.85. The maximum atomic E-state index is 13.5. The van der Waals surface area contributed by atoms with Crippen LogP contribution in [0, 0.1) is 0 Å². The number of hydrogen-bond donors (Lipinski definition) is 3. The van der Waals surface area contributed by atoms with Gasteiger partial charge in [0.2, 0.25) is 11.8 Å². The van der Waals surface area contributed by atoms with E-state index in [1.54, 1.807) is 26.0 Å². The molecule has 2 aliphatic rings. The number of rotatable bonds is 9. The second-order valence-corrected chi connectivity index (χ2v) is 9.73. The molecular formula is C25H34F3N5O4. The van der Waals surface area contributed by atoms with Gasteiger partial charge in [-0.25, -0.2) is 10.0 Å². The zero-order chi connectivity index (χ0) is 27.5. The Labute approximate surface area is 214 Å². The number of aliphatic hydroxyl groups is 1. The summed E-state index contributed by atoms with van der Waals surface area (Å²) in [6.07, 6.45) is -4.50. The predicted molar refractivity (Wildman–Crippen MR) is 132 cm³/mol. The Kier molecular flexibility index (Phi) is 8.31. The molecule has 1 aromatic carbocycles. The Balaban J connectivity index is 1.98. The number of alkyl halides is 3. The second kappa shape index (κ2) is 10.9. The highest BCUT2D eigenvalue weighted by molar-refractivity contribution is 5.99. The zero-order valence-corrected chi connectivity index (χ0v) is 21.9. The number of aliphatic imine (C=N–C) groups is 1. The number of guanidine groups is 1. The van der Waals surface area contributed by atoms with Crippen LogP contribution in [0.15, 0.2) is 46.0 Å². The zero-order valence-electron chi connectivity index (χ0n) is 21.9. The summed E-state index contributed by atoms with van der Waals surface area (Å²) < 4.78 is 50.0. The highest BCUT2D eigenvalue weighted by Gasteiger charge is 2.39. The molecule has 0 bridgehead atoms. The van der Waals surface area contributed by atoms with Crippen LogP contribution >= 0.6 is 0 Å². The monoisotopic (exact) mass is 525 g/mol. The third kappa shape index (κ3) is 6.68. The van der Waals surface area contributed by atoms with Gasteiger partial charge in [0, 0.05) is 16.7 Å². The number of carbonyl (C=O) groups is 1. The Morgan fingerprint density at radius 2 is 1.78 bits per heavy atom. The summed E-state index contributed by atoms with van der Waals surface area (Å²) >= 11 is 0. The number of allylic oxidation sites excluding steroid dienone is 2. The van der Waals surface area contributed by atoms with Gasteiger partial charge in [-0.3, -0.25) is 20.7 Å². The first-order valence-electron chi connectivity index (χ1n) is 11.9. The summed E-state index contributed by atoms with van der Waals surface area (Å²) in [5.41, 5.74) is 8.21. The minimum absolute atomic E-state index is 0.0778. The molecule has 204 valence electrons. The summed E-state index contributed by atoms with van der Waals surface area (Å²) in [5.74, 6) is 0.880. The Hall–Kier alpha value is -3.41. The molecule has 0 aliphatic carbocycles. The number of Topliss-reactive ketones (excluding diaryl/α,β-unsaturated/α-hetero) is 1. The lowest BCUT2D eigenvalue weighted by Crippen LogP contribution is -2.44. The number of benzene rings is 1. The van der Waals surface area contributed by atoms with Crippen molar-refractivity contribution < 1.29 is 32.5 Å². The van der Waals surface area contributed by atoms with E-state index >= 15 is 0 Å². The van der Waals surface area contributed by atoms with Crippen molar-refractivity contribution in [1.82, 2.24) is 20.9 Å². The second-order valence-electron chi connectivity index (χ2n) is 9.73. The first-order valence-corrected chi connectivity index (χ1v) is 11.9. The summed E-state index contributed by atoms with van der Waals surface area (Å²) in [5, 5.41) is 12.0. The van der Waals surface area contributed by atoms with Crippen LogP contribution in [-0.4, -0.2) is 66.0 Å². The molecule has 0 unspecified atom stereocenters. The van der Waals surface area contributed by atoms with Crippen LogP contribution in [0.3, 0.4) is 0 Å². The fourth-order valence-corrected chi connectivity index (χ4v) is 3.79. The van der Waals surface area contributed by atoms with Crippen LogP contribution in [0.2, 0.25) is 0 Å². The largest absolute Gasteiger partial charge is 0.491 e. The van der Waals surface area contributed by atoms with E-state index in [4.69, 9.17) is 14.6 Å². The van der Waals surface area contributed by atoms with E-state index in [2.05, 4.69) is 15.8 Å². The number of hydrazine groups is 2. The summed E-state index contributed by atoms with van der Waals surface area (Å²) in [4.78, 5) is 17.1. The number of carbonyl (C=O) groups excluding carboxylic acids is 1. The number of fused-ring (bicyclic) bond motifs is 1.